The lowest BCUT2D eigenvalue weighted by molar-refractivity contribution is 1.08. The molecular formula is C12H22B4. The third-order valence-corrected chi connectivity index (χ3v) is 3.95. The van der Waals surface area contributed by atoms with E-state index >= 15 is 0 Å². The summed E-state index contributed by atoms with van der Waals surface area (Å²) in [6, 6.07) is 0. The van der Waals surface area contributed by atoms with Crippen molar-refractivity contribution in [2.24, 2.45) is 0 Å². The van der Waals surface area contributed by atoms with E-state index in [4.69, 9.17) is 0 Å². The van der Waals surface area contributed by atoms with Gasteiger partial charge in [-0.15, -0.1) is 0 Å². The first-order valence-electron chi connectivity index (χ1n) is 6.74. The highest BCUT2D eigenvalue weighted by Crippen LogP contribution is 2.27. The highest BCUT2D eigenvalue weighted by atomic mass is 14.2. The Bertz CT molecular complexity index is 315. The standard InChI is InChI=1S/C12H22B4/c1-7-9(3-13)11(5-15)8(2)12(6-16)10(7)4-14/h3-6,13-16H2,1-2H3. The molecule has 82 valence electrons. The van der Waals surface area contributed by atoms with E-state index in [-0.39, 0.29) is 0 Å². The first kappa shape index (κ1) is 13.5. The van der Waals surface area contributed by atoms with Crippen molar-refractivity contribution in [1.82, 2.24) is 0 Å². The van der Waals surface area contributed by atoms with Crippen LogP contribution in [0.5, 0.6) is 0 Å². The van der Waals surface area contributed by atoms with E-state index in [9.17, 15) is 0 Å². The van der Waals surface area contributed by atoms with Crippen LogP contribution < -0.4 is 0 Å². The van der Waals surface area contributed by atoms with Crippen LogP contribution in [0.4, 0.5) is 0 Å². The van der Waals surface area contributed by atoms with Gasteiger partial charge < -0.3 is 0 Å². The molecule has 0 aliphatic carbocycles. The number of hydrogen-bond donors (Lipinski definition) is 0. The Morgan fingerprint density at radius 3 is 0.875 bits per heavy atom. The molecule has 0 saturated carbocycles. The topological polar surface area (TPSA) is 0 Å². The summed E-state index contributed by atoms with van der Waals surface area (Å²) in [4.78, 5) is 0. The van der Waals surface area contributed by atoms with E-state index in [2.05, 4.69) is 45.2 Å². The van der Waals surface area contributed by atoms with Crippen LogP contribution in [0.2, 0.25) is 0 Å². The van der Waals surface area contributed by atoms with E-state index in [1.54, 1.807) is 33.4 Å². The van der Waals surface area contributed by atoms with E-state index in [1.807, 2.05) is 0 Å². The van der Waals surface area contributed by atoms with Crippen molar-refractivity contribution in [3.8, 4) is 0 Å². The Balaban J connectivity index is 3.60. The number of hydrogen-bond acceptors (Lipinski definition) is 0. The summed E-state index contributed by atoms with van der Waals surface area (Å²) in [5.74, 6) is 0. The van der Waals surface area contributed by atoms with Crippen LogP contribution >= 0.6 is 0 Å². The molecule has 0 aliphatic heterocycles. The molecule has 1 rings (SSSR count). The summed E-state index contributed by atoms with van der Waals surface area (Å²) in [6.07, 6.45) is 4.69. The summed E-state index contributed by atoms with van der Waals surface area (Å²) in [6.45, 7) is 4.63. The van der Waals surface area contributed by atoms with Gasteiger partial charge in [-0.3, -0.25) is 0 Å². The Hall–Kier alpha value is -0.520. The molecule has 0 atom stereocenters. The molecule has 16 heavy (non-hydrogen) atoms. The van der Waals surface area contributed by atoms with E-state index in [0.717, 1.165) is 0 Å². The summed E-state index contributed by atoms with van der Waals surface area (Å²) in [7, 11) is 9.13. The van der Waals surface area contributed by atoms with Crippen LogP contribution in [0.15, 0.2) is 0 Å². The summed E-state index contributed by atoms with van der Waals surface area (Å²) in [5.41, 5.74) is 9.54. The largest absolute Gasteiger partial charge is 0.107 e. The SMILES string of the molecule is BCc1c(C)c(CB)c(CB)c(C)c1CB. The molecule has 0 unspecified atom stereocenters. The lowest BCUT2D eigenvalue weighted by Crippen LogP contribution is -2.10. The predicted molar refractivity (Wildman–Crippen MR) is 84.9 cm³/mol. The Kier molecular flexibility index (Phi) is 4.83. The minimum atomic E-state index is 1.17. The maximum atomic E-state index is 2.31. The number of rotatable bonds is 4. The van der Waals surface area contributed by atoms with Crippen molar-refractivity contribution < 1.29 is 0 Å². The van der Waals surface area contributed by atoms with Crippen LogP contribution in [0.1, 0.15) is 33.4 Å². The maximum Gasteiger partial charge on any atom is 0.107 e. The van der Waals surface area contributed by atoms with Crippen molar-refractivity contribution in [3.05, 3.63) is 33.4 Å². The zero-order valence-electron chi connectivity index (χ0n) is 11.8. The van der Waals surface area contributed by atoms with Crippen LogP contribution in [0.25, 0.3) is 0 Å². The van der Waals surface area contributed by atoms with E-state index in [0.29, 0.717) is 0 Å². The van der Waals surface area contributed by atoms with Gasteiger partial charge in [0.15, 0.2) is 0 Å². The molecule has 0 saturated heterocycles. The van der Waals surface area contributed by atoms with E-state index < -0.39 is 0 Å². The average molecular weight is 210 g/mol. The molecule has 0 bridgehead atoms. The van der Waals surface area contributed by atoms with Crippen LogP contribution in [0, 0.1) is 13.8 Å². The normalized spacial score (nSPS) is 10.6. The molecule has 0 fully saturated rings. The fourth-order valence-corrected chi connectivity index (χ4v) is 3.18. The zero-order chi connectivity index (χ0) is 12.3. The van der Waals surface area contributed by atoms with Crippen LogP contribution in [-0.2, 0) is 25.3 Å². The Labute approximate surface area is 104 Å². The van der Waals surface area contributed by atoms with Crippen LogP contribution in [0.3, 0.4) is 0 Å². The van der Waals surface area contributed by atoms with Gasteiger partial charge in [0.1, 0.15) is 31.4 Å². The quantitative estimate of drug-likeness (QED) is 0.549. The Morgan fingerprint density at radius 2 is 0.750 bits per heavy atom. The third-order valence-electron chi connectivity index (χ3n) is 3.95. The minimum Gasteiger partial charge on any atom is -0.0561 e. The van der Waals surface area contributed by atoms with Gasteiger partial charge in [0.05, 0.1) is 0 Å². The molecule has 0 nitrogen and oxygen atoms in total. The van der Waals surface area contributed by atoms with Crippen molar-refractivity contribution in [2.75, 3.05) is 0 Å². The lowest BCUT2D eigenvalue weighted by Gasteiger charge is -2.22. The molecule has 0 N–H and O–H groups in total. The average Bonchev–Trinajstić information content (AvgIpc) is 2.30. The Morgan fingerprint density at radius 1 is 0.562 bits per heavy atom. The molecule has 0 radical (unpaired) electrons. The molecule has 1 aromatic rings. The van der Waals surface area contributed by atoms with Crippen molar-refractivity contribution in [2.45, 2.75) is 39.1 Å². The van der Waals surface area contributed by atoms with E-state index in [1.165, 1.54) is 25.3 Å². The van der Waals surface area contributed by atoms with Gasteiger partial charge in [-0.1, -0.05) is 25.3 Å². The molecule has 4 heteroatoms. The smallest absolute Gasteiger partial charge is 0.0561 e. The monoisotopic (exact) mass is 210 g/mol. The molecule has 0 heterocycles. The fourth-order valence-electron chi connectivity index (χ4n) is 3.18. The minimum absolute atomic E-state index is 1.17. The summed E-state index contributed by atoms with van der Waals surface area (Å²) < 4.78 is 0. The van der Waals surface area contributed by atoms with Gasteiger partial charge in [-0.2, -0.15) is 0 Å². The predicted octanol–water partition coefficient (Wildman–Crippen LogP) is -1.16. The highest BCUT2D eigenvalue weighted by molar-refractivity contribution is 6.12. The van der Waals surface area contributed by atoms with Gasteiger partial charge in [-0.05, 0) is 47.2 Å². The molecule has 1 aromatic carbocycles. The molecule has 0 spiro atoms. The maximum absolute atomic E-state index is 2.31. The highest BCUT2D eigenvalue weighted by Gasteiger charge is 2.14. The third kappa shape index (κ3) is 2.12. The molecule has 0 aromatic heterocycles. The second-order valence-corrected chi connectivity index (χ2v) is 4.58. The van der Waals surface area contributed by atoms with Gasteiger partial charge in [-0.25, -0.2) is 0 Å². The van der Waals surface area contributed by atoms with Crippen molar-refractivity contribution >= 4 is 31.4 Å². The summed E-state index contributed by atoms with van der Waals surface area (Å²) >= 11 is 0. The number of benzene rings is 1. The van der Waals surface area contributed by atoms with Crippen LogP contribution in [-0.4, -0.2) is 31.4 Å². The van der Waals surface area contributed by atoms with Gasteiger partial charge in [0.2, 0.25) is 0 Å². The second kappa shape index (κ2) is 5.70. The van der Waals surface area contributed by atoms with Gasteiger partial charge in [0, 0.05) is 0 Å². The summed E-state index contributed by atoms with van der Waals surface area (Å²) in [5, 5.41) is 0. The first-order chi connectivity index (χ1) is 7.62. The molecule has 0 amide bonds. The van der Waals surface area contributed by atoms with Crippen molar-refractivity contribution in [3.63, 3.8) is 0 Å². The molecule has 0 aliphatic rings. The fraction of sp³-hybridized carbons (Fsp3) is 0.500. The lowest BCUT2D eigenvalue weighted by atomic mass is 9.73. The van der Waals surface area contributed by atoms with Gasteiger partial charge >= 0.3 is 0 Å². The molecular weight excluding hydrogens is 187 g/mol. The van der Waals surface area contributed by atoms with Gasteiger partial charge in [0.25, 0.3) is 0 Å². The van der Waals surface area contributed by atoms with Crippen molar-refractivity contribution in [1.29, 1.82) is 0 Å². The second-order valence-electron chi connectivity index (χ2n) is 4.58. The first-order valence-corrected chi connectivity index (χ1v) is 6.74. The zero-order valence-corrected chi connectivity index (χ0v) is 11.8.